The number of carbonyl (C=O) groups excluding carboxylic acids is 1. The Kier molecular flexibility index (Phi) is 4.53. The van der Waals surface area contributed by atoms with E-state index in [1.807, 2.05) is 31.2 Å². The van der Waals surface area contributed by atoms with Crippen molar-refractivity contribution < 1.29 is 22.7 Å². The molecule has 0 aliphatic heterocycles. The first-order valence-electron chi connectivity index (χ1n) is 7.76. The maximum atomic E-state index is 12.8. The minimum absolute atomic E-state index is 0.281. The van der Waals surface area contributed by atoms with Crippen LogP contribution >= 0.6 is 0 Å². The Hall–Kier alpha value is -2.76. The molecule has 3 nitrogen and oxygen atoms in total. The summed E-state index contributed by atoms with van der Waals surface area (Å²) >= 11 is 0. The van der Waals surface area contributed by atoms with E-state index in [-0.39, 0.29) is 12.2 Å². The Morgan fingerprint density at radius 1 is 1.08 bits per heavy atom. The zero-order valence-corrected chi connectivity index (χ0v) is 13.5. The lowest BCUT2D eigenvalue weighted by atomic mass is 10.1. The largest absolute Gasteiger partial charge is 0.491 e. The van der Waals surface area contributed by atoms with Crippen LogP contribution in [0, 0.1) is 6.92 Å². The van der Waals surface area contributed by atoms with Gasteiger partial charge < -0.3 is 9.30 Å². The van der Waals surface area contributed by atoms with Gasteiger partial charge >= 0.3 is 6.18 Å². The van der Waals surface area contributed by atoms with Crippen molar-refractivity contribution in [3.8, 4) is 5.75 Å². The van der Waals surface area contributed by atoms with E-state index < -0.39 is 12.0 Å². The first-order chi connectivity index (χ1) is 11.9. The van der Waals surface area contributed by atoms with Crippen LogP contribution in [0.3, 0.4) is 0 Å². The van der Waals surface area contributed by atoms with Crippen LogP contribution in [0.2, 0.25) is 0 Å². The van der Waals surface area contributed by atoms with E-state index in [2.05, 4.69) is 0 Å². The van der Waals surface area contributed by atoms with Gasteiger partial charge in [0.1, 0.15) is 12.4 Å². The highest BCUT2D eigenvalue weighted by atomic mass is 19.4. The fraction of sp³-hybridized carbons (Fsp3) is 0.211. The van der Waals surface area contributed by atoms with Crippen LogP contribution in [0.5, 0.6) is 5.75 Å². The zero-order chi connectivity index (χ0) is 18.0. The van der Waals surface area contributed by atoms with Crippen molar-refractivity contribution in [2.24, 2.45) is 0 Å². The third kappa shape index (κ3) is 3.52. The number of benzene rings is 2. The molecular formula is C19H16F3NO2. The van der Waals surface area contributed by atoms with Crippen molar-refractivity contribution in [3.05, 3.63) is 65.9 Å². The van der Waals surface area contributed by atoms with Crippen LogP contribution < -0.4 is 4.74 Å². The molecule has 3 rings (SSSR count). The van der Waals surface area contributed by atoms with E-state index in [4.69, 9.17) is 4.74 Å². The van der Waals surface area contributed by atoms with Gasteiger partial charge in [0.15, 0.2) is 0 Å². The molecule has 0 atom stereocenters. The standard InChI is InChI=1S/C19H16F3NO2/c1-13-6-2-5-9-17(13)25-11-10-23-12-15(18(24)19(20,21)22)14-7-3-4-8-16(14)23/h2-9,12H,10-11H2,1H3. The quantitative estimate of drug-likeness (QED) is 0.622. The molecule has 0 amide bonds. The topological polar surface area (TPSA) is 31.2 Å². The second-order valence-corrected chi connectivity index (χ2v) is 5.69. The van der Waals surface area contributed by atoms with Gasteiger partial charge in [-0.15, -0.1) is 0 Å². The number of fused-ring (bicyclic) bond motifs is 1. The Morgan fingerprint density at radius 2 is 1.76 bits per heavy atom. The van der Waals surface area contributed by atoms with E-state index in [9.17, 15) is 18.0 Å². The van der Waals surface area contributed by atoms with Crippen LogP contribution in [0.25, 0.3) is 10.9 Å². The molecule has 0 radical (unpaired) electrons. The fourth-order valence-corrected chi connectivity index (χ4v) is 2.74. The molecule has 0 saturated carbocycles. The van der Waals surface area contributed by atoms with Crippen LogP contribution in [0.15, 0.2) is 54.7 Å². The van der Waals surface area contributed by atoms with Crippen molar-refractivity contribution in [1.82, 2.24) is 4.57 Å². The summed E-state index contributed by atoms with van der Waals surface area (Å²) in [6, 6.07) is 14.1. The molecule has 0 fully saturated rings. The Morgan fingerprint density at radius 3 is 2.48 bits per heavy atom. The smallest absolute Gasteiger partial charge is 0.454 e. The molecule has 0 N–H and O–H groups in total. The molecule has 0 spiro atoms. The summed E-state index contributed by atoms with van der Waals surface area (Å²) in [5.41, 5.74) is 1.22. The average Bonchev–Trinajstić information content (AvgIpc) is 2.94. The fourth-order valence-electron chi connectivity index (χ4n) is 2.74. The van der Waals surface area contributed by atoms with Gasteiger partial charge in [0.2, 0.25) is 0 Å². The van der Waals surface area contributed by atoms with Crippen molar-refractivity contribution in [2.75, 3.05) is 6.61 Å². The van der Waals surface area contributed by atoms with Gasteiger partial charge in [0, 0.05) is 17.1 Å². The Bertz CT molecular complexity index is 912. The third-order valence-electron chi connectivity index (χ3n) is 3.97. The lowest BCUT2D eigenvalue weighted by Gasteiger charge is -2.10. The van der Waals surface area contributed by atoms with Gasteiger partial charge in [-0.2, -0.15) is 13.2 Å². The second kappa shape index (κ2) is 6.63. The molecule has 3 aromatic rings. The normalized spacial score (nSPS) is 11.7. The summed E-state index contributed by atoms with van der Waals surface area (Å²) < 4.78 is 45.7. The molecule has 0 unspecified atom stereocenters. The van der Waals surface area contributed by atoms with E-state index in [0.717, 1.165) is 11.3 Å². The third-order valence-corrected chi connectivity index (χ3v) is 3.97. The van der Waals surface area contributed by atoms with Gasteiger partial charge in [-0.3, -0.25) is 4.79 Å². The van der Waals surface area contributed by atoms with Gasteiger partial charge in [-0.25, -0.2) is 0 Å². The molecule has 0 aliphatic carbocycles. The number of carbonyl (C=O) groups is 1. The van der Waals surface area contributed by atoms with E-state index >= 15 is 0 Å². The van der Waals surface area contributed by atoms with Crippen molar-refractivity contribution >= 4 is 16.7 Å². The molecule has 2 aromatic carbocycles. The molecule has 1 aromatic heterocycles. The van der Waals surface area contributed by atoms with Gasteiger partial charge in [0.25, 0.3) is 5.78 Å². The summed E-state index contributed by atoms with van der Waals surface area (Å²) in [5, 5.41) is 0.292. The highest BCUT2D eigenvalue weighted by Gasteiger charge is 2.40. The number of ether oxygens (including phenoxy) is 1. The number of halogens is 3. The summed E-state index contributed by atoms with van der Waals surface area (Å²) in [7, 11) is 0. The van der Waals surface area contributed by atoms with Crippen LogP contribution in [0.1, 0.15) is 15.9 Å². The molecule has 130 valence electrons. The monoisotopic (exact) mass is 347 g/mol. The Balaban J connectivity index is 1.85. The van der Waals surface area contributed by atoms with Crippen LogP contribution in [-0.4, -0.2) is 23.1 Å². The summed E-state index contributed by atoms with van der Waals surface area (Å²) in [5.74, 6) is -1.10. The minimum atomic E-state index is -4.90. The molecule has 1 heterocycles. The molecular weight excluding hydrogens is 331 g/mol. The minimum Gasteiger partial charge on any atom is -0.491 e. The Labute approximate surface area is 142 Å². The van der Waals surface area contributed by atoms with Gasteiger partial charge in [-0.1, -0.05) is 36.4 Å². The maximum absolute atomic E-state index is 12.8. The lowest BCUT2D eigenvalue weighted by molar-refractivity contribution is -0.0884. The van der Waals surface area contributed by atoms with Gasteiger partial charge in [-0.05, 0) is 24.6 Å². The predicted molar refractivity (Wildman–Crippen MR) is 89.0 cm³/mol. The highest BCUT2D eigenvalue weighted by Crippen LogP contribution is 2.28. The molecule has 0 aliphatic rings. The molecule has 25 heavy (non-hydrogen) atoms. The van der Waals surface area contributed by atoms with Crippen LogP contribution in [-0.2, 0) is 6.54 Å². The van der Waals surface area contributed by atoms with Crippen molar-refractivity contribution in [1.29, 1.82) is 0 Å². The number of Topliss-reactive ketones (excluding diaryl/α,β-unsaturated/α-hetero) is 1. The number of rotatable bonds is 5. The average molecular weight is 347 g/mol. The van der Waals surface area contributed by atoms with Gasteiger partial charge in [0.05, 0.1) is 12.1 Å². The number of aromatic nitrogens is 1. The van der Waals surface area contributed by atoms with Crippen molar-refractivity contribution in [2.45, 2.75) is 19.6 Å². The van der Waals surface area contributed by atoms with Crippen molar-refractivity contribution in [3.63, 3.8) is 0 Å². The van der Waals surface area contributed by atoms with E-state index in [1.165, 1.54) is 12.3 Å². The zero-order valence-electron chi connectivity index (χ0n) is 13.5. The number of aryl methyl sites for hydroxylation is 1. The summed E-state index contributed by atoms with van der Waals surface area (Å²) in [4.78, 5) is 11.7. The maximum Gasteiger partial charge on any atom is 0.454 e. The van der Waals surface area contributed by atoms with E-state index in [1.54, 1.807) is 22.8 Å². The number of alkyl halides is 3. The second-order valence-electron chi connectivity index (χ2n) is 5.69. The number of hydrogen-bond donors (Lipinski definition) is 0. The lowest BCUT2D eigenvalue weighted by Crippen LogP contribution is -2.22. The number of nitrogens with zero attached hydrogens (tertiary/aromatic N) is 1. The van der Waals surface area contributed by atoms with Crippen LogP contribution in [0.4, 0.5) is 13.2 Å². The first kappa shape index (κ1) is 17.1. The highest BCUT2D eigenvalue weighted by molar-refractivity contribution is 6.10. The number of hydrogen-bond acceptors (Lipinski definition) is 2. The molecule has 0 saturated heterocycles. The number of ketones is 1. The predicted octanol–water partition coefficient (Wildman–Crippen LogP) is 4.77. The number of para-hydroxylation sites is 2. The SMILES string of the molecule is Cc1ccccc1OCCn1cc(C(=O)C(F)(F)F)c2ccccc21. The molecule has 6 heteroatoms. The first-order valence-corrected chi connectivity index (χ1v) is 7.76. The summed E-state index contributed by atoms with van der Waals surface area (Å²) in [6.07, 6.45) is -3.64. The molecule has 0 bridgehead atoms. The van der Waals surface area contributed by atoms with E-state index in [0.29, 0.717) is 17.4 Å². The summed E-state index contributed by atoms with van der Waals surface area (Å²) in [6.45, 7) is 2.53.